The number of furan rings is 1. The highest BCUT2D eigenvalue weighted by Crippen LogP contribution is 2.19. The molecule has 0 aliphatic rings. The van der Waals surface area contributed by atoms with Crippen LogP contribution in [0.4, 0.5) is 0 Å². The summed E-state index contributed by atoms with van der Waals surface area (Å²) in [5, 5.41) is 17.9. The summed E-state index contributed by atoms with van der Waals surface area (Å²) in [5.41, 5.74) is 0.540. The molecule has 3 rings (SSSR count). The van der Waals surface area contributed by atoms with E-state index in [2.05, 4.69) is 16.3 Å². The maximum atomic E-state index is 9.02. The monoisotopic (exact) mass is 326 g/mol. The van der Waals surface area contributed by atoms with Crippen LogP contribution in [0.2, 0.25) is 0 Å². The Kier molecular flexibility index (Phi) is 4.96. The van der Waals surface area contributed by atoms with E-state index in [1.807, 2.05) is 28.8 Å². The molecule has 0 aliphatic carbocycles. The largest absolute Gasteiger partial charge is 0.491 e. The summed E-state index contributed by atoms with van der Waals surface area (Å²) >= 11 is 1.55. The van der Waals surface area contributed by atoms with Crippen LogP contribution in [0.1, 0.15) is 11.3 Å². The highest BCUT2D eigenvalue weighted by atomic mass is 32.2. The quantitative estimate of drug-likeness (QED) is 0.491. The summed E-state index contributed by atoms with van der Waals surface area (Å²) in [6.07, 6.45) is 3.32. The Bertz CT molecular complexity index is 793. The van der Waals surface area contributed by atoms with E-state index < -0.39 is 0 Å². The number of para-hydroxylation sites is 1. The van der Waals surface area contributed by atoms with Crippen molar-refractivity contribution in [1.29, 1.82) is 5.26 Å². The van der Waals surface area contributed by atoms with E-state index in [-0.39, 0.29) is 0 Å². The molecule has 1 aromatic carbocycles. The minimum absolute atomic E-state index is 0.483. The number of hydrogen-bond acceptors (Lipinski definition) is 6. The van der Waals surface area contributed by atoms with Gasteiger partial charge in [0.05, 0.1) is 25.0 Å². The number of benzene rings is 1. The van der Waals surface area contributed by atoms with Gasteiger partial charge < -0.3 is 13.7 Å². The van der Waals surface area contributed by atoms with Crippen molar-refractivity contribution in [3.8, 4) is 11.8 Å². The molecule has 0 unspecified atom stereocenters. The summed E-state index contributed by atoms with van der Waals surface area (Å²) in [6, 6.07) is 13.1. The van der Waals surface area contributed by atoms with Gasteiger partial charge in [-0.25, -0.2) is 0 Å². The predicted octanol–water partition coefficient (Wildman–Crippen LogP) is 2.96. The minimum Gasteiger partial charge on any atom is -0.491 e. The fourth-order valence-corrected chi connectivity index (χ4v) is 2.74. The van der Waals surface area contributed by atoms with Crippen LogP contribution in [0.5, 0.6) is 5.75 Å². The highest BCUT2D eigenvalue weighted by Gasteiger charge is 2.08. The second-order valence-electron chi connectivity index (χ2n) is 4.63. The molecule has 0 bridgehead atoms. The molecule has 0 amide bonds. The van der Waals surface area contributed by atoms with E-state index in [9.17, 15) is 0 Å². The lowest BCUT2D eigenvalue weighted by Crippen LogP contribution is -2.04. The SMILES string of the molecule is N#Cc1ccccc1OCCSc1nncn1Cc1ccco1. The second-order valence-corrected chi connectivity index (χ2v) is 5.69. The standard InChI is InChI=1S/C16H14N4O2S/c17-10-13-4-1-2-6-15(13)22-8-9-23-16-19-18-12-20(16)11-14-5-3-7-21-14/h1-7,12H,8-9,11H2. The second kappa shape index (κ2) is 7.51. The predicted molar refractivity (Wildman–Crippen MR) is 85.2 cm³/mol. The first-order chi connectivity index (χ1) is 11.4. The van der Waals surface area contributed by atoms with E-state index in [1.54, 1.807) is 36.5 Å². The maximum absolute atomic E-state index is 9.02. The van der Waals surface area contributed by atoms with Crippen LogP contribution in [-0.2, 0) is 6.54 Å². The molecular weight excluding hydrogens is 312 g/mol. The zero-order valence-electron chi connectivity index (χ0n) is 12.3. The van der Waals surface area contributed by atoms with Crippen molar-refractivity contribution in [1.82, 2.24) is 14.8 Å². The summed E-state index contributed by atoms with van der Waals surface area (Å²) in [6.45, 7) is 1.08. The molecule has 6 nitrogen and oxygen atoms in total. The third-order valence-electron chi connectivity index (χ3n) is 3.07. The Labute approximate surface area is 137 Å². The Morgan fingerprint density at radius 1 is 1.26 bits per heavy atom. The van der Waals surface area contributed by atoms with Gasteiger partial charge in [0.25, 0.3) is 0 Å². The molecule has 3 aromatic rings. The molecule has 0 saturated carbocycles. The summed E-state index contributed by atoms with van der Waals surface area (Å²) in [5.74, 6) is 2.16. The molecule has 0 spiro atoms. The van der Waals surface area contributed by atoms with E-state index in [1.165, 1.54) is 0 Å². The fraction of sp³-hybridized carbons (Fsp3) is 0.188. The number of thioether (sulfide) groups is 1. The normalized spacial score (nSPS) is 10.4. The Morgan fingerprint density at radius 3 is 3.00 bits per heavy atom. The minimum atomic E-state index is 0.483. The van der Waals surface area contributed by atoms with E-state index in [4.69, 9.17) is 14.4 Å². The molecular formula is C16H14N4O2S. The number of ether oxygens (including phenoxy) is 1. The maximum Gasteiger partial charge on any atom is 0.191 e. The van der Waals surface area contributed by atoms with Crippen molar-refractivity contribution in [2.75, 3.05) is 12.4 Å². The molecule has 7 heteroatoms. The van der Waals surface area contributed by atoms with Gasteiger partial charge in [0, 0.05) is 5.75 Å². The zero-order chi connectivity index (χ0) is 15.9. The summed E-state index contributed by atoms with van der Waals surface area (Å²) in [4.78, 5) is 0. The number of nitrogens with zero attached hydrogens (tertiary/aromatic N) is 4. The molecule has 0 aliphatic heterocycles. The molecule has 0 atom stereocenters. The molecule has 0 radical (unpaired) electrons. The zero-order valence-corrected chi connectivity index (χ0v) is 13.1. The lowest BCUT2D eigenvalue weighted by Gasteiger charge is -2.07. The van der Waals surface area contributed by atoms with Gasteiger partial charge in [0.15, 0.2) is 5.16 Å². The van der Waals surface area contributed by atoms with Gasteiger partial charge in [0.2, 0.25) is 0 Å². The molecule has 2 heterocycles. The fourth-order valence-electron chi connectivity index (χ4n) is 2.00. The van der Waals surface area contributed by atoms with Gasteiger partial charge in [-0.1, -0.05) is 23.9 Å². The van der Waals surface area contributed by atoms with Crippen molar-refractivity contribution in [3.63, 3.8) is 0 Å². The van der Waals surface area contributed by atoms with E-state index in [0.29, 0.717) is 30.2 Å². The lowest BCUT2D eigenvalue weighted by atomic mass is 10.2. The van der Waals surface area contributed by atoms with Gasteiger partial charge >= 0.3 is 0 Å². The van der Waals surface area contributed by atoms with Crippen LogP contribution in [0.15, 0.2) is 58.6 Å². The molecule has 116 valence electrons. The van der Waals surface area contributed by atoms with Crippen molar-refractivity contribution in [3.05, 3.63) is 60.3 Å². The summed E-state index contributed by atoms with van der Waals surface area (Å²) in [7, 11) is 0. The molecule has 0 N–H and O–H groups in total. The first-order valence-corrected chi connectivity index (χ1v) is 8.00. The number of hydrogen-bond donors (Lipinski definition) is 0. The Morgan fingerprint density at radius 2 is 2.17 bits per heavy atom. The third-order valence-corrected chi connectivity index (χ3v) is 4.01. The van der Waals surface area contributed by atoms with Gasteiger partial charge in [0.1, 0.15) is 23.9 Å². The molecule has 2 aromatic heterocycles. The van der Waals surface area contributed by atoms with Crippen LogP contribution in [0.25, 0.3) is 0 Å². The van der Waals surface area contributed by atoms with Crippen molar-refractivity contribution in [2.45, 2.75) is 11.7 Å². The topological polar surface area (TPSA) is 76.9 Å². The molecule has 0 fully saturated rings. The van der Waals surface area contributed by atoms with Gasteiger partial charge in [-0.2, -0.15) is 5.26 Å². The van der Waals surface area contributed by atoms with Crippen LogP contribution < -0.4 is 4.74 Å². The van der Waals surface area contributed by atoms with Crippen LogP contribution in [0.3, 0.4) is 0 Å². The number of aromatic nitrogens is 3. The molecule has 0 saturated heterocycles. The van der Waals surface area contributed by atoms with E-state index >= 15 is 0 Å². The highest BCUT2D eigenvalue weighted by molar-refractivity contribution is 7.99. The van der Waals surface area contributed by atoms with Gasteiger partial charge in [-0.05, 0) is 24.3 Å². The average Bonchev–Trinajstić information content (AvgIpc) is 3.24. The van der Waals surface area contributed by atoms with Crippen LogP contribution in [-0.4, -0.2) is 27.1 Å². The average molecular weight is 326 g/mol. The van der Waals surface area contributed by atoms with Crippen molar-refractivity contribution >= 4 is 11.8 Å². The van der Waals surface area contributed by atoms with Crippen LogP contribution >= 0.6 is 11.8 Å². The first kappa shape index (κ1) is 15.2. The van der Waals surface area contributed by atoms with Crippen molar-refractivity contribution in [2.24, 2.45) is 0 Å². The molecule has 23 heavy (non-hydrogen) atoms. The Hall–Kier alpha value is -2.72. The van der Waals surface area contributed by atoms with Gasteiger partial charge in [-0.3, -0.25) is 0 Å². The number of nitriles is 1. The third kappa shape index (κ3) is 3.93. The smallest absolute Gasteiger partial charge is 0.191 e. The Balaban J connectivity index is 1.52. The number of rotatable bonds is 7. The van der Waals surface area contributed by atoms with E-state index in [0.717, 1.165) is 10.9 Å². The lowest BCUT2D eigenvalue weighted by molar-refractivity contribution is 0.343. The summed E-state index contributed by atoms with van der Waals surface area (Å²) < 4.78 is 12.9. The van der Waals surface area contributed by atoms with Crippen molar-refractivity contribution < 1.29 is 9.15 Å². The van der Waals surface area contributed by atoms with Crippen LogP contribution in [0, 0.1) is 11.3 Å². The van der Waals surface area contributed by atoms with Gasteiger partial charge in [-0.15, -0.1) is 10.2 Å². The first-order valence-electron chi connectivity index (χ1n) is 7.02.